The van der Waals surface area contributed by atoms with Crippen LogP contribution in [-0.2, 0) is 0 Å². The van der Waals surface area contributed by atoms with Gasteiger partial charge in [0, 0.05) is 10.5 Å². The molecule has 0 aromatic heterocycles. The van der Waals surface area contributed by atoms with Gasteiger partial charge in [0.25, 0.3) is 0 Å². The average molecular weight is 282 g/mol. The predicted molar refractivity (Wildman–Crippen MR) is 71.1 cm³/mol. The fourth-order valence-electron chi connectivity index (χ4n) is 1.91. The van der Waals surface area contributed by atoms with Crippen molar-refractivity contribution in [2.75, 3.05) is 4.31 Å². The summed E-state index contributed by atoms with van der Waals surface area (Å²) in [7, 11) is 0. The molecule has 1 aliphatic rings. The molecule has 2 nitrogen and oxygen atoms in total. The first-order chi connectivity index (χ1) is 8.68. The van der Waals surface area contributed by atoms with Gasteiger partial charge in [-0.1, -0.05) is 29.8 Å². The lowest BCUT2D eigenvalue weighted by atomic mass is 10.2. The molecule has 2 aromatic carbocycles. The fourth-order valence-corrected chi connectivity index (χ4v) is 3.31. The minimum atomic E-state index is -0.935. The van der Waals surface area contributed by atoms with E-state index in [1.165, 1.54) is 18.0 Å². The van der Waals surface area contributed by atoms with Crippen LogP contribution in [0, 0.1) is 5.82 Å². The van der Waals surface area contributed by atoms with Gasteiger partial charge in [-0.3, -0.25) is 4.31 Å². The van der Waals surface area contributed by atoms with Gasteiger partial charge in [0.15, 0.2) is 6.23 Å². The minimum Gasteiger partial charge on any atom is -0.368 e. The monoisotopic (exact) mass is 281 g/mol. The second kappa shape index (κ2) is 4.46. The van der Waals surface area contributed by atoms with Crippen molar-refractivity contribution in [1.29, 1.82) is 0 Å². The van der Waals surface area contributed by atoms with Crippen LogP contribution in [0.25, 0.3) is 0 Å². The summed E-state index contributed by atoms with van der Waals surface area (Å²) in [6.07, 6.45) is -0.935. The van der Waals surface area contributed by atoms with Crippen LogP contribution >= 0.6 is 23.5 Å². The molecular weight excluding hydrogens is 273 g/mol. The van der Waals surface area contributed by atoms with Gasteiger partial charge in [-0.25, -0.2) is 4.39 Å². The van der Waals surface area contributed by atoms with E-state index in [9.17, 15) is 9.50 Å². The molecule has 1 heterocycles. The van der Waals surface area contributed by atoms with Gasteiger partial charge in [0.05, 0.1) is 10.7 Å². The molecule has 0 aliphatic carbocycles. The highest BCUT2D eigenvalue weighted by Crippen LogP contribution is 2.48. The van der Waals surface area contributed by atoms with Gasteiger partial charge in [0.1, 0.15) is 5.82 Å². The Morgan fingerprint density at radius 3 is 2.61 bits per heavy atom. The maximum absolute atomic E-state index is 13.4. The van der Waals surface area contributed by atoms with Crippen LogP contribution in [0.2, 0.25) is 5.02 Å². The SMILES string of the molecule is OC1c2c(ccc(F)c2Cl)SN1c1ccccc1. The lowest BCUT2D eigenvalue weighted by molar-refractivity contribution is 0.194. The Balaban J connectivity index is 2.05. The number of aliphatic hydroxyl groups excluding tert-OH is 1. The van der Waals surface area contributed by atoms with E-state index in [4.69, 9.17) is 11.6 Å². The van der Waals surface area contributed by atoms with E-state index in [0.717, 1.165) is 10.6 Å². The molecule has 0 amide bonds. The van der Waals surface area contributed by atoms with Crippen molar-refractivity contribution in [3.63, 3.8) is 0 Å². The van der Waals surface area contributed by atoms with E-state index >= 15 is 0 Å². The topological polar surface area (TPSA) is 23.5 Å². The minimum absolute atomic E-state index is 0.00840. The summed E-state index contributed by atoms with van der Waals surface area (Å²) in [5.41, 5.74) is 1.29. The molecule has 0 radical (unpaired) electrons. The number of rotatable bonds is 1. The zero-order valence-electron chi connectivity index (χ0n) is 9.18. The van der Waals surface area contributed by atoms with Gasteiger partial charge in [-0.2, -0.15) is 0 Å². The standard InChI is InChI=1S/C13H9ClFNOS/c14-12-9(15)6-7-10-11(12)13(17)16(18-10)8-4-2-1-3-5-8/h1-7,13,17H. The largest absolute Gasteiger partial charge is 0.368 e. The third-order valence-corrected chi connectivity index (χ3v) is 4.32. The molecule has 1 N–H and O–H groups in total. The summed E-state index contributed by atoms with van der Waals surface area (Å²) in [4.78, 5) is 0.776. The van der Waals surface area contributed by atoms with Crippen molar-refractivity contribution in [1.82, 2.24) is 0 Å². The summed E-state index contributed by atoms with van der Waals surface area (Å²) in [5.74, 6) is -0.509. The number of anilines is 1. The van der Waals surface area contributed by atoms with Gasteiger partial charge in [0.2, 0.25) is 0 Å². The second-order valence-electron chi connectivity index (χ2n) is 3.90. The smallest absolute Gasteiger partial charge is 0.165 e. The molecule has 0 spiro atoms. The van der Waals surface area contributed by atoms with Crippen LogP contribution < -0.4 is 4.31 Å². The molecule has 5 heteroatoms. The Labute approximate surface area is 113 Å². The van der Waals surface area contributed by atoms with Crippen molar-refractivity contribution in [2.45, 2.75) is 11.1 Å². The van der Waals surface area contributed by atoms with E-state index in [0.29, 0.717) is 5.56 Å². The molecule has 0 saturated carbocycles. The van der Waals surface area contributed by atoms with Crippen LogP contribution in [0.1, 0.15) is 11.8 Å². The molecule has 18 heavy (non-hydrogen) atoms. The first-order valence-corrected chi connectivity index (χ1v) is 6.52. The Morgan fingerprint density at radius 1 is 1.17 bits per heavy atom. The van der Waals surface area contributed by atoms with E-state index in [1.54, 1.807) is 10.4 Å². The summed E-state index contributed by atoms with van der Waals surface area (Å²) in [5, 5.41) is 10.2. The molecule has 1 unspecified atom stereocenters. The third-order valence-electron chi connectivity index (χ3n) is 2.78. The summed E-state index contributed by atoms with van der Waals surface area (Å²) in [6, 6.07) is 12.4. The highest BCUT2D eigenvalue weighted by atomic mass is 35.5. The van der Waals surface area contributed by atoms with Gasteiger partial charge < -0.3 is 5.11 Å². The highest BCUT2D eigenvalue weighted by Gasteiger charge is 2.33. The number of nitrogens with zero attached hydrogens (tertiary/aromatic N) is 1. The zero-order valence-corrected chi connectivity index (χ0v) is 10.7. The van der Waals surface area contributed by atoms with Crippen molar-refractivity contribution in [3.8, 4) is 0 Å². The lowest BCUT2D eigenvalue weighted by Crippen LogP contribution is -2.15. The van der Waals surface area contributed by atoms with Crippen LogP contribution in [-0.4, -0.2) is 5.11 Å². The number of hydrogen-bond acceptors (Lipinski definition) is 3. The number of hydrogen-bond donors (Lipinski definition) is 1. The van der Waals surface area contributed by atoms with Crippen LogP contribution in [0.3, 0.4) is 0 Å². The fraction of sp³-hybridized carbons (Fsp3) is 0.0769. The second-order valence-corrected chi connectivity index (χ2v) is 5.29. The quantitative estimate of drug-likeness (QED) is 0.799. The van der Waals surface area contributed by atoms with Crippen molar-refractivity contribution in [3.05, 3.63) is 58.9 Å². The lowest BCUT2D eigenvalue weighted by Gasteiger charge is -2.21. The zero-order chi connectivity index (χ0) is 12.7. The van der Waals surface area contributed by atoms with Crippen molar-refractivity contribution < 1.29 is 9.50 Å². The van der Waals surface area contributed by atoms with Gasteiger partial charge in [-0.05, 0) is 36.2 Å². The van der Waals surface area contributed by atoms with Crippen LogP contribution in [0.5, 0.6) is 0 Å². The third kappa shape index (κ3) is 1.77. The molecule has 1 atom stereocenters. The average Bonchev–Trinajstić information content (AvgIpc) is 2.73. The summed E-state index contributed by atoms with van der Waals surface area (Å²) in [6.45, 7) is 0. The molecule has 3 rings (SSSR count). The highest BCUT2D eigenvalue weighted by molar-refractivity contribution is 8.01. The molecule has 2 aromatic rings. The Bertz CT molecular complexity index is 593. The van der Waals surface area contributed by atoms with Crippen LogP contribution in [0.4, 0.5) is 10.1 Å². The molecule has 0 bridgehead atoms. The van der Waals surface area contributed by atoms with Gasteiger partial charge >= 0.3 is 0 Å². The van der Waals surface area contributed by atoms with E-state index < -0.39 is 12.0 Å². The summed E-state index contributed by atoms with van der Waals surface area (Å²) < 4.78 is 15.1. The Hall–Kier alpha value is -1.23. The van der Waals surface area contributed by atoms with Crippen molar-refractivity contribution in [2.24, 2.45) is 0 Å². The van der Waals surface area contributed by atoms with Crippen LogP contribution in [0.15, 0.2) is 47.4 Å². The number of para-hydroxylation sites is 1. The van der Waals surface area contributed by atoms with E-state index in [-0.39, 0.29) is 5.02 Å². The molecular formula is C13H9ClFNOS. The molecule has 0 saturated heterocycles. The molecule has 92 valence electrons. The molecule has 1 aliphatic heterocycles. The number of halogens is 2. The van der Waals surface area contributed by atoms with Gasteiger partial charge in [-0.15, -0.1) is 0 Å². The first kappa shape index (κ1) is 11.8. The van der Waals surface area contributed by atoms with E-state index in [2.05, 4.69) is 0 Å². The number of fused-ring (bicyclic) bond motifs is 1. The van der Waals surface area contributed by atoms with Crippen molar-refractivity contribution >= 4 is 29.2 Å². The summed E-state index contributed by atoms with van der Waals surface area (Å²) >= 11 is 7.26. The number of benzene rings is 2. The maximum atomic E-state index is 13.4. The first-order valence-electron chi connectivity index (χ1n) is 5.36. The Morgan fingerprint density at radius 2 is 1.89 bits per heavy atom. The predicted octanol–water partition coefficient (Wildman–Crippen LogP) is 4.00. The van der Waals surface area contributed by atoms with E-state index in [1.807, 2.05) is 30.3 Å². The normalized spacial score (nSPS) is 17.9. The number of aliphatic hydroxyl groups is 1. The maximum Gasteiger partial charge on any atom is 0.165 e. The molecule has 0 fully saturated rings. The Kier molecular flexibility index (Phi) is 2.93.